The van der Waals surface area contributed by atoms with E-state index in [0.29, 0.717) is 11.7 Å². The SMILES string of the molecule is COc1cc(OC)c([C@H](N)C2CCC2)c(OC)c1. The molecule has 0 bridgehead atoms. The molecule has 1 aromatic rings. The van der Waals surface area contributed by atoms with Crippen molar-refractivity contribution in [2.45, 2.75) is 25.3 Å². The van der Waals surface area contributed by atoms with Crippen LogP contribution in [0.4, 0.5) is 0 Å². The van der Waals surface area contributed by atoms with Gasteiger partial charge in [-0.1, -0.05) is 6.42 Å². The molecule has 0 radical (unpaired) electrons. The summed E-state index contributed by atoms with van der Waals surface area (Å²) in [5.41, 5.74) is 7.29. The fourth-order valence-electron chi connectivity index (χ4n) is 2.40. The number of benzene rings is 1. The first-order chi connectivity index (χ1) is 8.71. The van der Waals surface area contributed by atoms with E-state index in [0.717, 1.165) is 17.1 Å². The summed E-state index contributed by atoms with van der Waals surface area (Å²) in [6, 6.07) is 3.68. The predicted molar refractivity (Wildman–Crippen MR) is 70.4 cm³/mol. The third-order valence-corrected chi connectivity index (χ3v) is 3.74. The van der Waals surface area contributed by atoms with E-state index in [2.05, 4.69) is 0 Å². The third kappa shape index (κ3) is 2.25. The molecule has 0 saturated heterocycles. The normalized spacial score (nSPS) is 16.9. The van der Waals surface area contributed by atoms with Gasteiger partial charge in [-0.2, -0.15) is 0 Å². The molecule has 2 N–H and O–H groups in total. The molecule has 2 rings (SSSR count). The van der Waals surface area contributed by atoms with Crippen LogP contribution in [0.3, 0.4) is 0 Å². The molecule has 4 nitrogen and oxygen atoms in total. The van der Waals surface area contributed by atoms with Crippen molar-refractivity contribution >= 4 is 0 Å². The van der Waals surface area contributed by atoms with Gasteiger partial charge in [0.05, 0.1) is 26.9 Å². The zero-order valence-electron chi connectivity index (χ0n) is 11.2. The van der Waals surface area contributed by atoms with Crippen molar-refractivity contribution in [1.82, 2.24) is 0 Å². The molecule has 0 heterocycles. The van der Waals surface area contributed by atoms with Crippen LogP contribution in [0.15, 0.2) is 12.1 Å². The number of rotatable bonds is 5. The lowest BCUT2D eigenvalue weighted by atomic mass is 9.77. The summed E-state index contributed by atoms with van der Waals surface area (Å²) in [4.78, 5) is 0. The fourth-order valence-corrected chi connectivity index (χ4v) is 2.40. The van der Waals surface area contributed by atoms with Gasteiger partial charge < -0.3 is 19.9 Å². The molecule has 4 heteroatoms. The Kier molecular flexibility index (Phi) is 3.97. The summed E-state index contributed by atoms with van der Waals surface area (Å²) < 4.78 is 16.1. The lowest BCUT2D eigenvalue weighted by Crippen LogP contribution is -2.27. The van der Waals surface area contributed by atoms with E-state index < -0.39 is 0 Å². The second-order valence-corrected chi connectivity index (χ2v) is 4.66. The lowest BCUT2D eigenvalue weighted by molar-refractivity contribution is 0.253. The number of hydrogen-bond acceptors (Lipinski definition) is 4. The highest BCUT2D eigenvalue weighted by Gasteiger charge is 2.30. The maximum atomic E-state index is 6.34. The van der Waals surface area contributed by atoms with Crippen molar-refractivity contribution < 1.29 is 14.2 Å². The van der Waals surface area contributed by atoms with E-state index in [1.54, 1.807) is 21.3 Å². The van der Waals surface area contributed by atoms with Gasteiger partial charge in [0, 0.05) is 18.2 Å². The minimum atomic E-state index is -0.0328. The highest BCUT2D eigenvalue weighted by atomic mass is 16.5. The van der Waals surface area contributed by atoms with Gasteiger partial charge in [0.25, 0.3) is 0 Å². The van der Waals surface area contributed by atoms with Crippen LogP contribution in [0, 0.1) is 5.92 Å². The lowest BCUT2D eigenvalue weighted by Gasteiger charge is -2.33. The smallest absolute Gasteiger partial charge is 0.131 e. The van der Waals surface area contributed by atoms with E-state index in [4.69, 9.17) is 19.9 Å². The molecule has 0 spiro atoms. The molecule has 0 unspecified atom stereocenters. The molecular formula is C14H21NO3. The molecule has 1 aliphatic rings. The van der Waals surface area contributed by atoms with Crippen LogP contribution < -0.4 is 19.9 Å². The first-order valence-electron chi connectivity index (χ1n) is 6.26. The Morgan fingerprint density at radius 2 is 1.61 bits per heavy atom. The van der Waals surface area contributed by atoms with Crippen molar-refractivity contribution in [1.29, 1.82) is 0 Å². The van der Waals surface area contributed by atoms with Crippen LogP contribution in [0.5, 0.6) is 17.2 Å². The second-order valence-electron chi connectivity index (χ2n) is 4.66. The van der Waals surface area contributed by atoms with Crippen LogP contribution in [-0.4, -0.2) is 21.3 Å². The number of nitrogens with two attached hydrogens (primary N) is 1. The number of methoxy groups -OCH3 is 3. The average Bonchev–Trinajstić information content (AvgIpc) is 2.34. The molecule has 1 aromatic carbocycles. The van der Waals surface area contributed by atoms with Crippen molar-refractivity contribution in [3.8, 4) is 17.2 Å². The highest BCUT2D eigenvalue weighted by molar-refractivity contribution is 5.52. The third-order valence-electron chi connectivity index (χ3n) is 3.74. The summed E-state index contributed by atoms with van der Waals surface area (Å²) in [6.07, 6.45) is 3.62. The molecule has 0 aromatic heterocycles. The zero-order chi connectivity index (χ0) is 13.1. The molecule has 0 aliphatic heterocycles. The molecule has 0 amide bonds. The summed E-state index contributed by atoms with van der Waals surface area (Å²) in [5, 5.41) is 0. The van der Waals surface area contributed by atoms with E-state index >= 15 is 0 Å². The molecule has 1 aliphatic carbocycles. The van der Waals surface area contributed by atoms with Gasteiger partial charge in [-0.25, -0.2) is 0 Å². The Bertz CT molecular complexity index is 390. The van der Waals surface area contributed by atoms with E-state index in [1.165, 1.54) is 19.3 Å². The first kappa shape index (κ1) is 13.0. The zero-order valence-corrected chi connectivity index (χ0v) is 11.2. The maximum Gasteiger partial charge on any atom is 0.131 e. The van der Waals surface area contributed by atoms with Gasteiger partial charge in [-0.3, -0.25) is 0 Å². The van der Waals surface area contributed by atoms with Crippen molar-refractivity contribution in [2.75, 3.05) is 21.3 Å². The molecule has 100 valence electrons. The minimum absolute atomic E-state index is 0.0328. The van der Waals surface area contributed by atoms with Gasteiger partial charge in [-0.05, 0) is 18.8 Å². The first-order valence-corrected chi connectivity index (χ1v) is 6.26. The summed E-state index contributed by atoms with van der Waals surface area (Å²) in [6.45, 7) is 0. The summed E-state index contributed by atoms with van der Waals surface area (Å²) in [5.74, 6) is 2.73. The molecule has 18 heavy (non-hydrogen) atoms. The van der Waals surface area contributed by atoms with Crippen LogP contribution in [0.2, 0.25) is 0 Å². The Morgan fingerprint density at radius 1 is 1.06 bits per heavy atom. The molecular weight excluding hydrogens is 230 g/mol. The van der Waals surface area contributed by atoms with Gasteiger partial charge >= 0.3 is 0 Å². The molecule has 1 atom stereocenters. The molecule has 1 fully saturated rings. The molecule has 1 saturated carbocycles. The Morgan fingerprint density at radius 3 is 1.94 bits per heavy atom. The predicted octanol–water partition coefficient (Wildman–Crippen LogP) is 2.51. The van der Waals surface area contributed by atoms with Crippen LogP contribution in [0.1, 0.15) is 30.9 Å². The van der Waals surface area contributed by atoms with E-state index in [1.807, 2.05) is 12.1 Å². The number of hydrogen-bond donors (Lipinski definition) is 1. The van der Waals surface area contributed by atoms with Crippen LogP contribution >= 0.6 is 0 Å². The van der Waals surface area contributed by atoms with Gasteiger partial charge in [0.1, 0.15) is 17.2 Å². The largest absolute Gasteiger partial charge is 0.496 e. The van der Waals surface area contributed by atoms with Gasteiger partial charge in [0.15, 0.2) is 0 Å². The van der Waals surface area contributed by atoms with Crippen molar-refractivity contribution in [3.05, 3.63) is 17.7 Å². The number of ether oxygens (including phenoxy) is 3. The second kappa shape index (κ2) is 5.48. The average molecular weight is 251 g/mol. The maximum absolute atomic E-state index is 6.34. The topological polar surface area (TPSA) is 53.7 Å². The Balaban J connectivity index is 2.41. The fraction of sp³-hybridized carbons (Fsp3) is 0.571. The van der Waals surface area contributed by atoms with E-state index in [-0.39, 0.29) is 6.04 Å². The van der Waals surface area contributed by atoms with Gasteiger partial charge in [0.2, 0.25) is 0 Å². The van der Waals surface area contributed by atoms with Crippen molar-refractivity contribution in [3.63, 3.8) is 0 Å². The highest BCUT2D eigenvalue weighted by Crippen LogP contribution is 2.44. The Labute approximate surface area is 108 Å². The van der Waals surface area contributed by atoms with E-state index in [9.17, 15) is 0 Å². The quantitative estimate of drug-likeness (QED) is 0.873. The van der Waals surface area contributed by atoms with Crippen LogP contribution in [-0.2, 0) is 0 Å². The van der Waals surface area contributed by atoms with Crippen LogP contribution in [0.25, 0.3) is 0 Å². The summed E-state index contributed by atoms with van der Waals surface area (Å²) in [7, 11) is 4.91. The Hall–Kier alpha value is -1.42. The van der Waals surface area contributed by atoms with Crippen molar-refractivity contribution in [2.24, 2.45) is 11.7 Å². The van der Waals surface area contributed by atoms with Gasteiger partial charge in [-0.15, -0.1) is 0 Å². The monoisotopic (exact) mass is 251 g/mol. The standard InChI is InChI=1S/C14H21NO3/c1-16-10-7-11(17-2)13(12(8-10)18-3)14(15)9-5-4-6-9/h7-9,14H,4-6,15H2,1-3H3/t14-/m1/s1. The summed E-state index contributed by atoms with van der Waals surface area (Å²) >= 11 is 0. The minimum Gasteiger partial charge on any atom is -0.496 e.